The summed E-state index contributed by atoms with van der Waals surface area (Å²) < 4.78 is 0. The highest BCUT2D eigenvalue weighted by atomic mass is 16.3. The van der Waals surface area contributed by atoms with Gasteiger partial charge in [0, 0.05) is 35.2 Å². The molecule has 1 saturated carbocycles. The summed E-state index contributed by atoms with van der Waals surface area (Å²) in [6.45, 7) is 2.18. The molecular formula is C18H24N2O2. The molecule has 4 nitrogen and oxygen atoms in total. The van der Waals surface area contributed by atoms with E-state index in [4.69, 9.17) is 0 Å². The number of rotatable bonds is 4. The molecule has 0 spiro atoms. The number of amides is 1. The SMILES string of the molecule is Cc1[nH]c2ccccc2c1CC(=O)NC1CCCCC1CO. The maximum absolute atomic E-state index is 12.4. The molecule has 2 unspecified atom stereocenters. The first-order valence-corrected chi connectivity index (χ1v) is 8.15. The fourth-order valence-electron chi connectivity index (χ4n) is 3.60. The van der Waals surface area contributed by atoms with Crippen LogP contribution in [0.1, 0.15) is 36.9 Å². The van der Waals surface area contributed by atoms with Crippen molar-refractivity contribution in [3.05, 3.63) is 35.5 Å². The van der Waals surface area contributed by atoms with Gasteiger partial charge in [-0.3, -0.25) is 4.79 Å². The summed E-state index contributed by atoms with van der Waals surface area (Å²) in [4.78, 5) is 15.8. The topological polar surface area (TPSA) is 65.1 Å². The second-order valence-electron chi connectivity index (χ2n) is 6.35. The summed E-state index contributed by atoms with van der Waals surface area (Å²) >= 11 is 0. The molecule has 0 aliphatic heterocycles. The third-order valence-corrected chi connectivity index (χ3v) is 4.85. The highest BCUT2D eigenvalue weighted by molar-refractivity contribution is 5.90. The van der Waals surface area contributed by atoms with Crippen molar-refractivity contribution in [2.75, 3.05) is 6.61 Å². The Kier molecular flexibility index (Phi) is 4.48. The number of aromatic amines is 1. The summed E-state index contributed by atoms with van der Waals surface area (Å²) in [5, 5.41) is 13.7. The number of hydrogen-bond acceptors (Lipinski definition) is 2. The highest BCUT2D eigenvalue weighted by Gasteiger charge is 2.26. The van der Waals surface area contributed by atoms with E-state index in [-0.39, 0.29) is 24.5 Å². The van der Waals surface area contributed by atoms with Crippen LogP contribution in [0.25, 0.3) is 10.9 Å². The van der Waals surface area contributed by atoms with Crippen molar-refractivity contribution in [2.45, 2.75) is 45.1 Å². The van der Waals surface area contributed by atoms with Crippen molar-refractivity contribution in [3.63, 3.8) is 0 Å². The van der Waals surface area contributed by atoms with Gasteiger partial charge in [-0.1, -0.05) is 31.0 Å². The third kappa shape index (κ3) is 3.02. The molecule has 22 heavy (non-hydrogen) atoms. The van der Waals surface area contributed by atoms with Crippen molar-refractivity contribution in [1.82, 2.24) is 10.3 Å². The monoisotopic (exact) mass is 300 g/mol. The lowest BCUT2D eigenvalue weighted by molar-refractivity contribution is -0.121. The maximum atomic E-state index is 12.4. The number of benzene rings is 1. The highest BCUT2D eigenvalue weighted by Crippen LogP contribution is 2.25. The molecule has 4 heteroatoms. The molecule has 1 aromatic heterocycles. The molecule has 1 aromatic carbocycles. The van der Waals surface area contributed by atoms with Crippen molar-refractivity contribution < 1.29 is 9.90 Å². The summed E-state index contributed by atoms with van der Waals surface area (Å²) in [5.41, 5.74) is 3.21. The van der Waals surface area contributed by atoms with Gasteiger partial charge in [0.15, 0.2) is 0 Å². The molecule has 1 aliphatic rings. The normalized spacial score (nSPS) is 21.9. The van der Waals surface area contributed by atoms with E-state index < -0.39 is 0 Å². The smallest absolute Gasteiger partial charge is 0.224 e. The third-order valence-electron chi connectivity index (χ3n) is 4.85. The van der Waals surface area contributed by atoms with Crippen LogP contribution in [0.5, 0.6) is 0 Å². The zero-order valence-corrected chi connectivity index (χ0v) is 13.1. The number of carbonyl (C=O) groups excluding carboxylic acids is 1. The van der Waals surface area contributed by atoms with Crippen LogP contribution in [-0.4, -0.2) is 28.6 Å². The summed E-state index contributed by atoms with van der Waals surface area (Å²) in [6.07, 6.45) is 4.66. The zero-order chi connectivity index (χ0) is 15.5. The average Bonchev–Trinajstić information content (AvgIpc) is 2.84. The molecule has 0 saturated heterocycles. The standard InChI is InChI=1S/C18H24N2O2/c1-12-15(14-7-3-5-9-17(14)19-12)10-18(22)20-16-8-4-2-6-13(16)11-21/h3,5,7,9,13,16,19,21H,2,4,6,8,10-11H2,1H3,(H,20,22). The lowest BCUT2D eigenvalue weighted by Crippen LogP contribution is -2.44. The lowest BCUT2D eigenvalue weighted by Gasteiger charge is -2.30. The number of H-pyrrole nitrogens is 1. The second-order valence-corrected chi connectivity index (χ2v) is 6.35. The Morgan fingerprint density at radius 3 is 2.91 bits per heavy atom. The van der Waals surface area contributed by atoms with Gasteiger partial charge < -0.3 is 15.4 Å². The first kappa shape index (κ1) is 15.1. The minimum absolute atomic E-state index is 0.0539. The van der Waals surface area contributed by atoms with E-state index in [1.807, 2.05) is 25.1 Å². The van der Waals surface area contributed by atoms with Gasteiger partial charge in [-0.15, -0.1) is 0 Å². The predicted molar refractivity (Wildman–Crippen MR) is 87.7 cm³/mol. The molecule has 1 amide bonds. The van der Waals surface area contributed by atoms with Crippen molar-refractivity contribution in [2.24, 2.45) is 5.92 Å². The quantitative estimate of drug-likeness (QED) is 0.813. The fraction of sp³-hybridized carbons (Fsp3) is 0.500. The maximum Gasteiger partial charge on any atom is 0.224 e. The van der Waals surface area contributed by atoms with Crippen molar-refractivity contribution in [1.29, 1.82) is 0 Å². The van der Waals surface area contributed by atoms with E-state index in [2.05, 4.69) is 16.4 Å². The molecule has 3 rings (SSSR count). The van der Waals surface area contributed by atoms with E-state index in [1.165, 1.54) is 0 Å². The van der Waals surface area contributed by atoms with Crippen LogP contribution >= 0.6 is 0 Å². The van der Waals surface area contributed by atoms with Crippen LogP contribution in [0.3, 0.4) is 0 Å². The summed E-state index contributed by atoms with van der Waals surface area (Å²) in [7, 11) is 0. The van der Waals surface area contributed by atoms with Crippen LogP contribution in [0, 0.1) is 12.8 Å². The van der Waals surface area contributed by atoms with Gasteiger partial charge in [-0.25, -0.2) is 0 Å². The Morgan fingerprint density at radius 2 is 2.09 bits per heavy atom. The van der Waals surface area contributed by atoms with E-state index in [0.717, 1.165) is 47.8 Å². The van der Waals surface area contributed by atoms with Gasteiger partial charge in [0.25, 0.3) is 0 Å². The predicted octanol–water partition coefficient (Wildman–Crippen LogP) is 2.69. The number of hydrogen-bond donors (Lipinski definition) is 3. The lowest BCUT2D eigenvalue weighted by atomic mass is 9.85. The fourth-order valence-corrected chi connectivity index (χ4v) is 3.60. The summed E-state index contributed by atoms with van der Waals surface area (Å²) in [5.74, 6) is 0.264. The number of fused-ring (bicyclic) bond motifs is 1. The molecule has 2 aromatic rings. The van der Waals surface area contributed by atoms with Gasteiger partial charge in [-0.2, -0.15) is 0 Å². The Morgan fingerprint density at radius 1 is 1.32 bits per heavy atom. The van der Waals surface area contributed by atoms with E-state index in [0.29, 0.717) is 6.42 Å². The minimum Gasteiger partial charge on any atom is -0.396 e. The molecule has 118 valence electrons. The number of nitrogens with one attached hydrogen (secondary N) is 2. The van der Waals surface area contributed by atoms with Crippen LogP contribution in [-0.2, 0) is 11.2 Å². The van der Waals surface area contributed by atoms with Crippen molar-refractivity contribution in [3.8, 4) is 0 Å². The number of aliphatic hydroxyl groups excluding tert-OH is 1. The largest absolute Gasteiger partial charge is 0.396 e. The number of aliphatic hydroxyl groups is 1. The van der Waals surface area contributed by atoms with Crippen LogP contribution in [0.4, 0.5) is 0 Å². The minimum atomic E-state index is 0.0539. The number of carbonyl (C=O) groups is 1. The molecule has 1 heterocycles. The van der Waals surface area contributed by atoms with Crippen molar-refractivity contribution >= 4 is 16.8 Å². The summed E-state index contributed by atoms with van der Waals surface area (Å²) in [6, 6.07) is 8.21. The van der Waals surface area contributed by atoms with Gasteiger partial charge in [0.2, 0.25) is 5.91 Å². The van der Waals surface area contributed by atoms with Crippen LogP contribution in [0.2, 0.25) is 0 Å². The molecule has 0 radical (unpaired) electrons. The number of para-hydroxylation sites is 1. The van der Waals surface area contributed by atoms with Gasteiger partial charge >= 0.3 is 0 Å². The number of aryl methyl sites for hydroxylation is 1. The van der Waals surface area contributed by atoms with E-state index in [1.54, 1.807) is 0 Å². The first-order chi connectivity index (χ1) is 10.7. The Labute approximate surface area is 130 Å². The molecule has 0 bridgehead atoms. The van der Waals surface area contributed by atoms with E-state index in [9.17, 15) is 9.90 Å². The Hall–Kier alpha value is -1.81. The number of aromatic nitrogens is 1. The Bertz CT molecular complexity index is 662. The first-order valence-electron chi connectivity index (χ1n) is 8.15. The molecule has 3 N–H and O–H groups in total. The average molecular weight is 300 g/mol. The molecule has 2 atom stereocenters. The van der Waals surface area contributed by atoms with Gasteiger partial charge in [0.1, 0.15) is 0 Å². The van der Waals surface area contributed by atoms with Crippen LogP contribution in [0.15, 0.2) is 24.3 Å². The zero-order valence-electron chi connectivity index (χ0n) is 13.1. The van der Waals surface area contributed by atoms with Gasteiger partial charge in [0.05, 0.1) is 6.42 Å². The molecular weight excluding hydrogens is 276 g/mol. The van der Waals surface area contributed by atoms with E-state index >= 15 is 0 Å². The molecule has 1 aliphatic carbocycles. The van der Waals surface area contributed by atoms with Gasteiger partial charge in [-0.05, 0) is 31.4 Å². The molecule has 1 fully saturated rings. The Balaban J connectivity index is 1.72. The van der Waals surface area contributed by atoms with Crippen LogP contribution < -0.4 is 5.32 Å². The second kappa shape index (κ2) is 6.53.